The van der Waals surface area contributed by atoms with Gasteiger partial charge in [0.15, 0.2) is 16.6 Å². The van der Waals surface area contributed by atoms with Crippen molar-refractivity contribution in [2.24, 2.45) is 23.2 Å². The van der Waals surface area contributed by atoms with E-state index in [-0.39, 0.29) is 17.2 Å². The van der Waals surface area contributed by atoms with E-state index in [0.717, 1.165) is 54.0 Å². The zero-order valence-electron chi connectivity index (χ0n) is 20.0. The van der Waals surface area contributed by atoms with Crippen LogP contribution in [0.15, 0.2) is 22.7 Å². The lowest BCUT2D eigenvalue weighted by atomic mass is 9.54. The van der Waals surface area contributed by atoms with Crippen molar-refractivity contribution in [3.63, 3.8) is 0 Å². The SMILES string of the molecule is Cc1nc2c3c(ccc2o1)C1CC[C@]2(C)C(=O)C[C@@H](CCC(=O)Nc4ncc(C)s4)C2C1CC3. The van der Waals surface area contributed by atoms with Crippen molar-refractivity contribution in [2.45, 2.75) is 71.6 Å². The molecule has 0 aliphatic heterocycles. The van der Waals surface area contributed by atoms with Gasteiger partial charge in [-0.05, 0) is 79.9 Å². The molecular weight excluding hydrogens is 446 g/mol. The Balaban J connectivity index is 1.24. The Morgan fingerprint density at radius 1 is 1.29 bits per heavy atom. The number of carbonyl (C=O) groups excluding carboxylic acids is 2. The van der Waals surface area contributed by atoms with Crippen LogP contribution in [-0.2, 0) is 16.0 Å². The average Bonchev–Trinajstić information content (AvgIpc) is 3.46. The predicted molar refractivity (Wildman–Crippen MR) is 132 cm³/mol. The standard InChI is InChI=1S/C27H31N3O3S/c1-14-13-28-26(34-14)30-23(32)9-4-16-12-22(31)27(3)11-10-18-17-7-8-21-25(29-15(2)33-21)20(17)6-5-19(18)24(16)27/h7-8,13,16,18-19,24H,4-6,9-12H2,1-3H3,(H,28,30,32)/t16-,18?,19?,24?,27-/m1/s1. The summed E-state index contributed by atoms with van der Waals surface area (Å²) in [5.74, 6) is 2.69. The maximum Gasteiger partial charge on any atom is 0.226 e. The van der Waals surface area contributed by atoms with Crippen molar-refractivity contribution in [3.8, 4) is 0 Å². The van der Waals surface area contributed by atoms with E-state index in [9.17, 15) is 9.59 Å². The van der Waals surface area contributed by atoms with Crippen molar-refractivity contribution < 1.29 is 14.0 Å². The highest BCUT2D eigenvalue weighted by atomic mass is 32.1. The lowest BCUT2D eigenvalue weighted by molar-refractivity contribution is -0.129. The first-order chi connectivity index (χ1) is 16.3. The minimum absolute atomic E-state index is 0.000505. The molecule has 2 fully saturated rings. The zero-order chi connectivity index (χ0) is 23.6. The fourth-order valence-electron chi connectivity index (χ4n) is 7.41. The number of aryl methyl sites for hydroxylation is 3. The molecule has 0 bridgehead atoms. The summed E-state index contributed by atoms with van der Waals surface area (Å²) in [5.41, 5.74) is 4.41. The number of aromatic nitrogens is 2. The Hall–Kier alpha value is -2.54. The van der Waals surface area contributed by atoms with Crippen LogP contribution in [0.1, 0.15) is 73.3 Å². The van der Waals surface area contributed by atoms with Crippen LogP contribution < -0.4 is 5.32 Å². The van der Waals surface area contributed by atoms with E-state index >= 15 is 0 Å². The molecule has 3 aromatic rings. The van der Waals surface area contributed by atoms with Gasteiger partial charge in [0.25, 0.3) is 0 Å². The predicted octanol–water partition coefficient (Wildman–Crippen LogP) is 5.97. The Morgan fingerprint density at radius 3 is 2.94 bits per heavy atom. The molecule has 2 aromatic heterocycles. The molecule has 6 rings (SSSR count). The molecule has 7 heteroatoms. The van der Waals surface area contributed by atoms with Gasteiger partial charge in [0, 0.05) is 36.3 Å². The van der Waals surface area contributed by atoms with E-state index in [1.165, 1.54) is 22.5 Å². The van der Waals surface area contributed by atoms with Crippen molar-refractivity contribution in [1.82, 2.24) is 9.97 Å². The monoisotopic (exact) mass is 477 g/mol. The topological polar surface area (TPSA) is 85.1 Å². The summed E-state index contributed by atoms with van der Waals surface area (Å²) >= 11 is 1.49. The van der Waals surface area contributed by atoms with Crippen LogP contribution in [0.4, 0.5) is 5.13 Å². The van der Waals surface area contributed by atoms with E-state index in [2.05, 4.69) is 34.3 Å². The number of amides is 1. The minimum atomic E-state index is -0.249. The first-order valence-corrected chi connectivity index (χ1v) is 13.3. The molecule has 5 atom stereocenters. The highest BCUT2D eigenvalue weighted by Gasteiger charge is 2.58. The molecule has 1 aromatic carbocycles. The second-order valence-electron chi connectivity index (χ2n) is 10.8. The van der Waals surface area contributed by atoms with Gasteiger partial charge in [-0.15, -0.1) is 11.3 Å². The molecule has 0 saturated heterocycles. The number of fused-ring (bicyclic) bond motifs is 7. The van der Waals surface area contributed by atoms with Crippen LogP contribution in [0.3, 0.4) is 0 Å². The van der Waals surface area contributed by atoms with E-state index in [1.54, 1.807) is 6.20 Å². The summed E-state index contributed by atoms with van der Waals surface area (Å²) in [6, 6.07) is 4.32. The number of carbonyl (C=O) groups is 2. The van der Waals surface area contributed by atoms with Gasteiger partial charge in [0.05, 0.1) is 0 Å². The maximum atomic E-state index is 13.2. The van der Waals surface area contributed by atoms with Gasteiger partial charge in [0.2, 0.25) is 5.91 Å². The van der Waals surface area contributed by atoms with Crippen LogP contribution in [-0.4, -0.2) is 21.7 Å². The van der Waals surface area contributed by atoms with Crippen LogP contribution in [0.25, 0.3) is 11.1 Å². The molecular formula is C27H31N3O3S. The van der Waals surface area contributed by atoms with Gasteiger partial charge < -0.3 is 9.73 Å². The molecule has 2 heterocycles. The second-order valence-corrected chi connectivity index (χ2v) is 12.0. The lowest BCUT2D eigenvalue weighted by Gasteiger charge is -2.50. The molecule has 3 unspecified atom stereocenters. The highest BCUT2D eigenvalue weighted by Crippen LogP contribution is 2.62. The third kappa shape index (κ3) is 3.43. The third-order valence-electron chi connectivity index (χ3n) is 8.83. The third-order valence-corrected chi connectivity index (χ3v) is 9.65. The molecule has 178 valence electrons. The van der Waals surface area contributed by atoms with E-state index < -0.39 is 0 Å². The van der Waals surface area contributed by atoms with Crippen molar-refractivity contribution in [3.05, 3.63) is 40.2 Å². The molecule has 2 saturated carbocycles. The number of rotatable bonds is 4. The van der Waals surface area contributed by atoms with E-state index in [4.69, 9.17) is 4.42 Å². The quantitative estimate of drug-likeness (QED) is 0.500. The Bertz CT molecular complexity index is 1290. The number of anilines is 1. The number of hydrogen-bond donors (Lipinski definition) is 1. The molecule has 1 N–H and O–H groups in total. The van der Waals surface area contributed by atoms with Crippen molar-refractivity contribution >= 4 is 39.3 Å². The summed E-state index contributed by atoms with van der Waals surface area (Å²) in [5, 5.41) is 3.59. The number of Topliss-reactive ketones (excluding diaryl/α,β-unsaturated/α-hetero) is 1. The lowest BCUT2D eigenvalue weighted by Crippen LogP contribution is -2.44. The zero-order valence-corrected chi connectivity index (χ0v) is 20.8. The molecule has 34 heavy (non-hydrogen) atoms. The van der Waals surface area contributed by atoms with Crippen molar-refractivity contribution in [2.75, 3.05) is 5.32 Å². The molecule has 3 aliphatic carbocycles. The minimum Gasteiger partial charge on any atom is -0.441 e. The number of thiazole rings is 1. The van der Waals surface area contributed by atoms with Gasteiger partial charge in [-0.2, -0.15) is 0 Å². The smallest absolute Gasteiger partial charge is 0.226 e. The van der Waals surface area contributed by atoms with Crippen LogP contribution in [0, 0.1) is 37.0 Å². The summed E-state index contributed by atoms with van der Waals surface area (Å²) in [6.45, 7) is 6.09. The summed E-state index contributed by atoms with van der Waals surface area (Å²) < 4.78 is 5.79. The van der Waals surface area contributed by atoms with Crippen LogP contribution >= 0.6 is 11.3 Å². The first kappa shape index (κ1) is 22.0. The van der Waals surface area contributed by atoms with Crippen LogP contribution in [0.2, 0.25) is 0 Å². The summed E-state index contributed by atoms with van der Waals surface area (Å²) in [6.07, 6.45) is 7.65. The van der Waals surface area contributed by atoms with Gasteiger partial charge in [-0.3, -0.25) is 9.59 Å². The van der Waals surface area contributed by atoms with Crippen molar-refractivity contribution in [1.29, 1.82) is 0 Å². The Morgan fingerprint density at radius 2 is 2.15 bits per heavy atom. The average molecular weight is 478 g/mol. The Labute approximate surface area is 203 Å². The maximum absolute atomic E-state index is 13.2. The fourth-order valence-corrected chi connectivity index (χ4v) is 8.09. The number of hydrogen-bond acceptors (Lipinski definition) is 6. The van der Waals surface area contributed by atoms with Gasteiger partial charge in [-0.25, -0.2) is 9.97 Å². The van der Waals surface area contributed by atoms with Crippen LogP contribution in [0.5, 0.6) is 0 Å². The number of ketones is 1. The molecule has 3 aliphatic rings. The summed E-state index contributed by atoms with van der Waals surface area (Å²) in [7, 11) is 0. The van der Waals surface area contributed by atoms with E-state index in [1.807, 2.05) is 13.8 Å². The fraction of sp³-hybridized carbons (Fsp3) is 0.556. The number of oxazole rings is 1. The Kier molecular flexibility index (Phi) is 5.17. The van der Waals surface area contributed by atoms with Gasteiger partial charge in [0.1, 0.15) is 11.3 Å². The molecule has 6 nitrogen and oxygen atoms in total. The van der Waals surface area contributed by atoms with Gasteiger partial charge in [-0.1, -0.05) is 13.0 Å². The highest BCUT2D eigenvalue weighted by molar-refractivity contribution is 7.15. The number of nitrogens with one attached hydrogen (secondary N) is 1. The van der Waals surface area contributed by atoms with Gasteiger partial charge >= 0.3 is 0 Å². The number of nitrogens with zero attached hydrogens (tertiary/aromatic N) is 2. The largest absolute Gasteiger partial charge is 0.441 e. The number of benzene rings is 1. The normalized spacial score (nSPS) is 30.1. The first-order valence-electron chi connectivity index (χ1n) is 12.5. The van der Waals surface area contributed by atoms with E-state index in [0.29, 0.717) is 41.5 Å². The molecule has 1 amide bonds. The second kappa shape index (κ2) is 8.01. The molecule has 0 radical (unpaired) electrons. The molecule has 0 spiro atoms. The summed E-state index contributed by atoms with van der Waals surface area (Å²) in [4.78, 5) is 35.9.